The number of amides is 1. The maximum absolute atomic E-state index is 13.8. The van der Waals surface area contributed by atoms with Gasteiger partial charge in [-0.25, -0.2) is 13.8 Å². The molecule has 0 saturated carbocycles. The van der Waals surface area contributed by atoms with E-state index in [0.29, 0.717) is 16.1 Å². The molecule has 1 amide bonds. The third-order valence-corrected chi connectivity index (χ3v) is 7.60. The maximum atomic E-state index is 13.8. The van der Waals surface area contributed by atoms with Crippen LogP contribution in [-0.4, -0.2) is 25.6 Å². The number of nitrogens with zero attached hydrogens (tertiary/aromatic N) is 2. The first-order valence-electron chi connectivity index (χ1n) is 11.3. The quantitative estimate of drug-likeness (QED) is 0.230. The predicted octanol–water partition coefficient (Wildman–Crippen LogP) is 5.51. The van der Waals surface area contributed by atoms with Crippen molar-refractivity contribution in [2.75, 3.05) is 4.31 Å². The lowest BCUT2D eigenvalue weighted by Crippen LogP contribution is -2.33. The van der Waals surface area contributed by atoms with Crippen molar-refractivity contribution in [1.82, 2.24) is 5.43 Å². The highest BCUT2D eigenvalue weighted by Gasteiger charge is 2.28. The van der Waals surface area contributed by atoms with Gasteiger partial charge in [-0.15, -0.1) is 0 Å². The van der Waals surface area contributed by atoms with Gasteiger partial charge in [0.1, 0.15) is 5.75 Å². The third-order valence-electron chi connectivity index (χ3n) is 5.57. The second-order valence-electron chi connectivity index (χ2n) is 8.23. The van der Waals surface area contributed by atoms with Crippen LogP contribution >= 0.6 is 11.6 Å². The van der Waals surface area contributed by atoms with Gasteiger partial charge in [-0.2, -0.15) is 5.10 Å². The number of para-hydroxylation sites is 2. The fourth-order valence-electron chi connectivity index (χ4n) is 3.59. The summed E-state index contributed by atoms with van der Waals surface area (Å²) in [4.78, 5) is 13.2. The Bertz CT molecular complexity index is 1540. The molecule has 2 N–H and O–H groups in total. The average molecular weight is 534 g/mol. The van der Waals surface area contributed by atoms with Crippen LogP contribution in [0.3, 0.4) is 0 Å². The van der Waals surface area contributed by atoms with Gasteiger partial charge < -0.3 is 5.11 Å². The first kappa shape index (κ1) is 25.9. The lowest BCUT2D eigenvalue weighted by atomic mass is 10.1. The van der Waals surface area contributed by atoms with E-state index in [1.807, 2.05) is 6.92 Å². The summed E-state index contributed by atoms with van der Waals surface area (Å²) in [6.07, 6.45) is 1.31. The number of benzene rings is 4. The van der Waals surface area contributed by atoms with Crippen LogP contribution in [-0.2, 0) is 16.6 Å². The minimum Gasteiger partial charge on any atom is -0.507 e. The first-order chi connectivity index (χ1) is 17.8. The topological polar surface area (TPSA) is 99.1 Å². The fraction of sp³-hybridized carbons (Fsp3) is 0.0714. The fourth-order valence-corrected chi connectivity index (χ4v) is 5.19. The van der Waals surface area contributed by atoms with Gasteiger partial charge in [-0.3, -0.25) is 9.10 Å². The minimum absolute atomic E-state index is 0.0132. The van der Waals surface area contributed by atoms with E-state index < -0.39 is 15.9 Å². The van der Waals surface area contributed by atoms with Crippen LogP contribution in [0.5, 0.6) is 5.75 Å². The first-order valence-corrected chi connectivity index (χ1v) is 13.1. The molecule has 0 heterocycles. The van der Waals surface area contributed by atoms with Gasteiger partial charge >= 0.3 is 0 Å². The smallest absolute Gasteiger partial charge is 0.273 e. The van der Waals surface area contributed by atoms with Crippen LogP contribution in [0.2, 0.25) is 5.02 Å². The molecule has 0 unspecified atom stereocenters. The van der Waals surface area contributed by atoms with E-state index in [-0.39, 0.29) is 28.4 Å². The van der Waals surface area contributed by atoms with Gasteiger partial charge in [0.2, 0.25) is 0 Å². The summed E-state index contributed by atoms with van der Waals surface area (Å²) < 4.78 is 28.9. The second kappa shape index (κ2) is 11.3. The summed E-state index contributed by atoms with van der Waals surface area (Å²) in [5.41, 5.74) is 4.75. The molecule has 0 aliphatic carbocycles. The number of carbonyl (C=O) groups is 1. The van der Waals surface area contributed by atoms with Crippen molar-refractivity contribution in [2.24, 2.45) is 5.10 Å². The Kier molecular flexibility index (Phi) is 7.91. The van der Waals surface area contributed by atoms with Crippen molar-refractivity contribution in [3.63, 3.8) is 0 Å². The summed E-state index contributed by atoms with van der Waals surface area (Å²) in [6.45, 7) is 1.84. The molecule has 4 aromatic rings. The minimum atomic E-state index is -4.06. The lowest BCUT2D eigenvalue weighted by Gasteiger charge is -2.26. The Hall–Kier alpha value is -4.14. The van der Waals surface area contributed by atoms with Crippen LogP contribution in [0.15, 0.2) is 107 Å². The Morgan fingerprint density at radius 3 is 2.30 bits per heavy atom. The van der Waals surface area contributed by atoms with Crippen LogP contribution in [0, 0.1) is 6.92 Å². The number of aromatic hydroxyl groups is 1. The van der Waals surface area contributed by atoms with Gasteiger partial charge in [0.25, 0.3) is 15.9 Å². The van der Waals surface area contributed by atoms with Gasteiger partial charge in [0.15, 0.2) is 0 Å². The Labute approximate surface area is 220 Å². The number of aryl methyl sites for hydroxylation is 1. The van der Waals surface area contributed by atoms with Crippen molar-refractivity contribution in [3.05, 3.63) is 124 Å². The van der Waals surface area contributed by atoms with E-state index in [0.717, 1.165) is 5.56 Å². The molecule has 188 valence electrons. The highest BCUT2D eigenvalue weighted by Crippen LogP contribution is 2.30. The second-order valence-corrected chi connectivity index (χ2v) is 10.5. The van der Waals surface area contributed by atoms with Crippen molar-refractivity contribution < 1.29 is 18.3 Å². The van der Waals surface area contributed by atoms with E-state index in [9.17, 15) is 18.3 Å². The highest BCUT2D eigenvalue weighted by atomic mass is 35.5. The molecule has 4 rings (SSSR count). The van der Waals surface area contributed by atoms with E-state index in [1.54, 1.807) is 84.9 Å². The van der Waals surface area contributed by atoms with Crippen molar-refractivity contribution in [3.8, 4) is 5.75 Å². The van der Waals surface area contributed by atoms with Crippen LogP contribution in [0.25, 0.3) is 0 Å². The molecule has 0 atom stereocenters. The molecule has 0 radical (unpaired) electrons. The number of hydrazone groups is 1. The molecular formula is C28H24ClN3O4S. The number of phenols is 1. The molecule has 0 saturated heterocycles. The SMILES string of the molecule is Cc1ccc(S(=O)(=O)N(Cc2ccc(Cl)cc2)c2ccccc2C(=O)N/N=C/c2ccccc2O)cc1. The number of sulfonamides is 1. The molecule has 0 aliphatic rings. The molecule has 0 fully saturated rings. The van der Waals surface area contributed by atoms with E-state index in [1.165, 1.54) is 22.7 Å². The summed E-state index contributed by atoms with van der Waals surface area (Å²) in [5, 5.41) is 14.4. The highest BCUT2D eigenvalue weighted by molar-refractivity contribution is 7.92. The van der Waals surface area contributed by atoms with E-state index in [4.69, 9.17) is 11.6 Å². The van der Waals surface area contributed by atoms with E-state index in [2.05, 4.69) is 10.5 Å². The number of nitrogens with one attached hydrogen (secondary N) is 1. The molecular weight excluding hydrogens is 510 g/mol. The molecule has 37 heavy (non-hydrogen) atoms. The number of hydrogen-bond acceptors (Lipinski definition) is 5. The van der Waals surface area contributed by atoms with Crippen LogP contribution in [0.4, 0.5) is 5.69 Å². The van der Waals surface area contributed by atoms with Gasteiger partial charge in [0.05, 0.1) is 28.9 Å². The molecule has 0 aliphatic heterocycles. The van der Waals surface area contributed by atoms with Gasteiger partial charge in [-0.05, 0) is 61.0 Å². The van der Waals surface area contributed by atoms with Crippen LogP contribution in [0.1, 0.15) is 27.0 Å². The van der Waals surface area contributed by atoms with Crippen molar-refractivity contribution in [2.45, 2.75) is 18.4 Å². The number of rotatable bonds is 8. The molecule has 0 aromatic heterocycles. The zero-order valence-corrected chi connectivity index (χ0v) is 21.4. The zero-order valence-electron chi connectivity index (χ0n) is 19.9. The van der Waals surface area contributed by atoms with Crippen molar-refractivity contribution >= 4 is 39.4 Å². The Balaban J connectivity index is 1.72. The molecule has 0 spiro atoms. The predicted molar refractivity (Wildman–Crippen MR) is 146 cm³/mol. The Morgan fingerprint density at radius 2 is 1.59 bits per heavy atom. The van der Waals surface area contributed by atoms with Gasteiger partial charge in [-0.1, -0.05) is 65.7 Å². The summed E-state index contributed by atoms with van der Waals surface area (Å²) >= 11 is 6.02. The number of halogens is 1. The number of phenolic OH excluding ortho intramolecular Hbond substituents is 1. The largest absolute Gasteiger partial charge is 0.507 e. The maximum Gasteiger partial charge on any atom is 0.273 e. The molecule has 7 nitrogen and oxygen atoms in total. The molecule has 4 aromatic carbocycles. The van der Waals surface area contributed by atoms with E-state index >= 15 is 0 Å². The monoisotopic (exact) mass is 533 g/mol. The van der Waals surface area contributed by atoms with Gasteiger partial charge in [0, 0.05) is 10.6 Å². The number of carbonyl (C=O) groups excluding carboxylic acids is 1. The molecule has 0 bridgehead atoms. The number of hydrogen-bond donors (Lipinski definition) is 2. The Morgan fingerprint density at radius 1 is 0.946 bits per heavy atom. The summed E-state index contributed by atoms with van der Waals surface area (Å²) in [6, 6.07) is 26.3. The standard InChI is InChI=1S/C28H24ClN3O4S/c1-20-10-16-24(17-11-20)37(35,36)32(19-21-12-14-23(29)15-13-21)26-8-4-3-7-25(26)28(34)31-30-18-22-6-2-5-9-27(22)33/h2-18,33H,19H2,1H3,(H,31,34)/b30-18+. The summed E-state index contributed by atoms with van der Waals surface area (Å²) in [7, 11) is -4.06. The normalized spacial score (nSPS) is 11.4. The molecule has 9 heteroatoms. The third kappa shape index (κ3) is 6.17. The lowest BCUT2D eigenvalue weighted by molar-refractivity contribution is 0.0955. The zero-order chi connectivity index (χ0) is 26.4. The summed E-state index contributed by atoms with van der Waals surface area (Å²) in [5.74, 6) is -0.596. The van der Waals surface area contributed by atoms with Crippen molar-refractivity contribution in [1.29, 1.82) is 0 Å². The average Bonchev–Trinajstić information content (AvgIpc) is 2.89. The number of anilines is 1. The van der Waals surface area contributed by atoms with Crippen LogP contribution < -0.4 is 9.73 Å².